The molecule has 4 nitrogen and oxygen atoms in total. The molecule has 0 aliphatic rings. The van der Waals surface area contributed by atoms with Gasteiger partial charge < -0.3 is 10.6 Å². The summed E-state index contributed by atoms with van der Waals surface area (Å²) < 4.78 is 14.3. The molecule has 0 aliphatic heterocycles. The topological polar surface area (TPSA) is 49.8 Å². The summed E-state index contributed by atoms with van der Waals surface area (Å²) in [6.07, 6.45) is 1.12. The largest absolute Gasteiger partial charge is 0.354 e. The van der Waals surface area contributed by atoms with E-state index in [0.717, 1.165) is 6.20 Å². The van der Waals surface area contributed by atoms with Crippen LogP contribution < -0.4 is 10.6 Å². The van der Waals surface area contributed by atoms with Crippen molar-refractivity contribution in [2.75, 3.05) is 17.2 Å². The van der Waals surface area contributed by atoms with Gasteiger partial charge in [-0.1, -0.05) is 17.7 Å². The molecular weight excluding hydrogens is 335 g/mol. The molecule has 0 bridgehead atoms. The first-order chi connectivity index (χ1) is 9.11. The zero-order valence-corrected chi connectivity index (χ0v) is 12.4. The maximum Gasteiger partial charge on any atom is 0.224 e. The minimum Gasteiger partial charge on any atom is -0.354 e. The van der Waals surface area contributed by atoms with Crippen LogP contribution in [0.1, 0.15) is 6.92 Å². The second kappa shape index (κ2) is 6.16. The molecule has 0 amide bonds. The Kier molecular flexibility index (Phi) is 4.55. The van der Waals surface area contributed by atoms with Crippen molar-refractivity contribution in [1.29, 1.82) is 0 Å². The summed E-state index contributed by atoms with van der Waals surface area (Å²) in [4.78, 5) is 7.89. The predicted molar refractivity (Wildman–Crippen MR) is 78.6 cm³/mol. The number of halogens is 3. The van der Waals surface area contributed by atoms with Crippen molar-refractivity contribution < 1.29 is 4.39 Å². The third-order valence-electron chi connectivity index (χ3n) is 2.28. The second-order valence-electron chi connectivity index (χ2n) is 3.65. The molecule has 19 heavy (non-hydrogen) atoms. The fraction of sp³-hybridized carbons (Fsp3) is 0.167. The van der Waals surface area contributed by atoms with Crippen molar-refractivity contribution >= 4 is 45.0 Å². The van der Waals surface area contributed by atoms with Crippen LogP contribution in [0, 0.1) is 5.82 Å². The highest BCUT2D eigenvalue weighted by atomic mass is 79.9. The summed E-state index contributed by atoms with van der Waals surface area (Å²) in [5, 5.41) is 6.34. The molecule has 7 heteroatoms. The molecule has 1 aromatic heterocycles. The number of rotatable bonds is 4. The lowest BCUT2D eigenvalue weighted by Gasteiger charge is -2.10. The van der Waals surface area contributed by atoms with Crippen molar-refractivity contribution in [3.8, 4) is 0 Å². The van der Waals surface area contributed by atoms with Gasteiger partial charge in [0, 0.05) is 6.54 Å². The van der Waals surface area contributed by atoms with Gasteiger partial charge in [-0.25, -0.2) is 9.37 Å². The molecule has 0 saturated carbocycles. The lowest BCUT2D eigenvalue weighted by Crippen LogP contribution is -2.06. The second-order valence-corrected chi connectivity index (χ2v) is 4.85. The van der Waals surface area contributed by atoms with E-state index in [1.165, 1.54) is 0 Å². The van der Waals surface area contributed by atoms with E-state index in [2.05, 4.69) is 36.5 Å². The maximum absolute atomic E-state index is 13.7. The Morgan fingerprint density at radius 2 is 2.21 bits per heavy atom. The van der Waals surface area contributed by atoms with Gasteiger partial charge in [-0.2, -0.15) is 4.98 Å². The van der Waals surface area contributed by atoms with Crippen LogP contribution >= 0.6 is 27.5 Å². The van der Waals surface area contributed by atoms with Gasteiger partial charge in [0.25, 0.3) is 0 Å². The summed E-state index contributed by atoms with van der Waals surface area (Å²) in [5.74, 6) is -0.0769. The highest BCUT2D eigenvalue weighted by molar-refractivity contribution is 9.10. The van der Waals surface area contributed by atoms with Crippen LogP contribution in [0.15, 0.2) is 28.9 Å². The zero-order chi connectivity index (χ0) is 13.8. The molecule has 0 atom stereocenters. The quantitative estimate of drug-likeness (QED) is 0.871. The molecule has 0 fully saturated rings. The molecule has 1 aromatic carbocycles. The van der Waals surface area contributed by atoms with Gasteiger partial charge >= 0.3 is 0 Å². The van der Waals surface area contributed by atoms with Crippen LogP contribution in [0.25, 0.3) is 0 Å². The van der Waals surface area contributed by atoms with Gasteiger partial charge in [-0.3, -0.25) is 0 Å². The number of benzene rings is 1. The van der Waals surface area contributed by atoms with Crippen LogP contribution in [0.2, 0.25) is 5.02 Å². The molecule has 0 unspecified atom stereocenters. The summed E-state index contributed by atoms with van der Waals surface area (Å²) >= 11 is 9.31. The zero-order valence-electron chi connectivity index (χ0n) is 10.0. The molecule has 2 N–H and O–H groups in total. The molecule has 2 aromatic rings. The maximum atomic E-state index is 13.7. The smallest absolute Gasteiger partial charge is 0.224 e. The molecule has 0 saturated heterocycles. The number of aromatic nitrogens is 2. The Balaban J connectivity index is 2.32. The Morgan fingerprint density at radius 3 is 2.95 bits per heavy atom. The Hall–Kier alpha value is -1.40. The average Bonchev–Trinajstić information content (AvgIpc) is 2.39. The van der Waals surface area contributed by atoms with Crippen LogP contribution in [0.3, 0.4) is 0 Å². The monoisotopic (exact) mass is 344 g/mol. The number of anilines is 3. The molecule has 2 rings (SSSR count). The predicted octanol–water partition coefficient (Wildman–Crippen LogP) is 4.21. The van der Waals surface area contributed by atoms with Crippen molar-refractivity contribution in [3.63, 3.8) is 0 Å². The average molecular weight is 346 g/mol. The van der Waals surface area contributed by atoms with E-state index >= 15 is 0 Å². The summed E-state index contributed by atoms with van der Waals surface area (Å²) in [7, 11) is 0. The van der Waals surface area contributed by atoms with E-state index in [4.69, 9.17) is 11.6 Å². The summed E-state index contributed by atoms with van der Waals surface area (Å²) in [6.45, 7) is 2.57. The van der Waals surface area contributed by atoms with Crippen molar-refractivity contribution in [2.45, 2.75) is 6.92 Å². The molecule has 1 heterocycles. The van der Waals surface area contributed by atoms with E-state index < -0.39 is 5.82 Å². The summed E-state index contributed by atoms with van der Waals surface area (Å²) in [5.41, 5.74) is 0.632. The number of nitrogens with one attached hydrogen (secondary N) is 2. The van der Waals surface area contributed by atoms with Crippen LogP contribution in [-0.4, -0.2) is 16.5 Å². The Bertz CT molecular complexity index is 594. The molecule has 0 radical (unpaired) electrons. The summed E-state index contributed by atoms with van der Waals surface area (Å²) in [6, 6.07) is 5.27. The van der Waals surface area contributed by atoms with Gasteiger partial charge in [-0.15, -0.1) is 0 Å². The number of hydrogen-bond donors (Lipinski definition) is 2. The van der Waals surface area contributed by atoms with Crippen molar-refractivity contribution in [1.82, 2.24) is 9.97 Å². The molecule has 100 valence electrons. The van der Waals surface area contributed by atoms with E-state index in [0.29, 0.717) is 27.7 Å². The van der Waals surface area contributed by atoms with Gasteiger partial charge in [0.15, 0.2) is 11.6 Å². The number of nitrogens with zero attached hydrogens (tertiary/aromatic N) is 2. The van der Waals surface area contributed by atoms with Gasteiger partial charge in [0.2, 0.25) is 5.95 Å². The SMILES string of the molecule is CCNc1ncc(F)c(Nc2cccc(Cl)c2Br)n1. The third kappa shape index (κ3) is 3.33. The first kappa shape index (κ1) is 14.0. The standard InChI is InChI=1S/C12H11BrClFN4/c1-2-16-12-17-6-8(15)11(19-12)18-9-5-3-4-7(14)10(9)13/h3-6H,2H2,1H3,(H2,16,17,18,19). The first-order valence-electron chi connectivity index (χ1n) is 5.59. The van der Waals surface area contributed by atoms with Crippen LogP contribution in [0.4, 0.5) is 21.8 Å². The van der Waals surface area contributed by atoms with Crippen LogP contribution in [-0.2, 0) is 0 Å². The van der Waals surface area contributed by atoms with Gasteiger partial charge in [-0.05, 0) is 35.0 Å². The Morgan fingerprint density at radius 1 is 1.42 bits per heavy atom. The lowest BCUT2D eigenvalue weighted by molar-refractivity contribution is 0.619. The highest BCUT2D eigenvalue weighted by Gasteiger charge is 2.10. The highest BCUT2D eigenvalue weighted by Crippen LogP contribution is 2.32. The van der Waals surface area contributed by atoms with E-state index in [1.807, 2.05) is 6.92 Å². The molecule has 0 spiro atoms. The van der Waals surface area contributed by atoms with E-state index in [1.54, 1.807) is 18.2 Å². The van der Waals surface area contributed by atoms with Crippen molar-refractivity contribution in [2.24, 2.45) is 0 Å². The minimum atomic E-state index is -0.534. The first-order valence-corrected chi connectivity index (χ1v) is 6.76. The minimum absolute atomic E-state index is 0.0916. The third-order valence-corrected chi connectivity index (χ3v) is 3.68. The fourth-order valence-corrected chi connectivity index (χ4v) is 1.96. The fourth-order valence-electron chi connectivity index (χ4n) is 1.43. The number of hydrogen-bond acceptors (Lipinski definition) is 4. The van der Waals surface area contributed by atoms with E-state index in [9.17, 15) is 4.39 Å². The van der Waals surface area contributed by atoms with Gasteiger partial charge in [0.05, 0.1) is 21.4 Å². The lowest BCUT2D eigenvalue weighted by atomic mass is 10.3. The van der Waals surface area contributed by atoms with Gasteiger partial charge in [0.1, 0.15) is 0 Å². The van der Waals surface area contributed by atoms with Crippen molar-refractivity contribution in [3.05, 3.63) is 39.7 Å². The Labute approximate surface area is 123 Å². The molecule has 0 aliphatic carbocycles. The van der Waals surface area contributed by atoms with E-state index in [-0.39, 0.29) is 5.82 Å². The molecular formula is C12H11BrClFN4. The normalized spacial score (nSPS) is 10.3. The van der Waals surface area contributed by atoms with Crippen LogP contribution in [0.5, 0.6) is 0 Å².